The van der Waals surface area contributed by atoms with Gasteiger partial charge in [0, 0.05) is 29.9 Å². The second-order valence-corrected chi connectivity index (χ2v) is 7.78. The van der Waals surface area contributed by atoms with E-state index < -0.39 is 0 Å². The van der Waals surface area contributed by atoms with Crippen LogP contribution in [0.2, 0.25) is 5.02 Å². The summed E-state index contributed by atoms with van der Waals surface area (Å²) in [6.07, 6.45) is 1.66. The van der Waals surface area contributed by atoms with Gasteiger partial charge in [0.25, 0.3) is 0 Å². The fourth-order valence-electron chi connectivity index (χ4n) is 2.85. The Morgan fingerprint density at radius 2 is 1.50 bits per heavy atom. The van der Waals surface area contributed by atoms with Crippen molar-refractivity contribution in [1.82, 2.24) is 0 Å². The zero-order chi connectivity index (χ0) is 19.3. The lowest BCUT2D eigenvalue weighted by atomic mass is 10.2. The van der Waals surface area contributed by atoms with Crippen LogP contribution < -0.4 is 24.3 Å². The third-order valence-corrected chi connectivity index (χ3v) is 5.51. The predicted octanol–water partition coefficient (Wildman–Crippen LogP) is 4.39. The number of hydrogen-bond donors (Lipinski definition) is 1. The van der Waals surface area contributed by atoms with Crippen LogP contribution in [0.25, 0.3) is 0 Å². The van der Waals surface area contributed by atoms with E-state index in [0.29, 0.717) is 54.4 Å². The van der Waals surface area contributed by atoms with Crippen molar-refractivity contribution in [2.45, 2.75) is 17.7 Å². The Labute approximate surface area is 172 Å². The lowest BCUT2D eigenvalue weighted by Gasteiger charge is -2.13. The molecule has 0 bridgehead atoms. The van der Waals surface area contributed by atoms with Crippen molar-refractivity contribution in [3.63, 3.8) is 0 Å². The van der Waals surface area contributed by atoms with E-state index in [-0.39, 0.29) is 11.7 Å². The number of nitrogens with one attached hydrogen (secondary N) is 1. The second kappa shape index (κ2) is 8.84. The van der Waals surface area contributed by atoms with Gasteiger partial charge in [0.1, 0.15) is 0 Å². The first kappa shape index (κ1) is 19.1. The number of carbonyl (C=O) groups excluding carboxylic acids is 1. The summed E-state index contributed by atoms with van der Waals surface area (Å²) in [4.78, 5) is 13.3. The molecule has 0 saturated carbocycles. The van der Waals surface area contributed by atoms with Crippen molar-refractivity contribution in [3.05, 3.63) is 35.4 Å². The van der Waals surface area contributed by atoms with E-state index in [1.807, 2.05) is 18.2 Å². The van der Waals surface area contributed by atoms with Crippen molar-refractivity contribution < 1.29 is 23.7 Å². The van der Waals surface area contributed by atoms with Crippen LogP contribution in [0, 0.1) is 0 Å². The maximum absolute atomic E-state index is 12.4. The summed E-state index contributed by atoms with van der Waals surface area (Å²) in [5.41, 5.74) is 0.509. The standard InChI is InChI=1S/C20H20ClNO5S/c21-14-10-18-19(27-8-2-7-26-18)11-15(14)22-20(23)12-28-13-3-4-16-17(9-13)25-6-1-5-24-16/h3-4,9-11H,1-2,5-8,12H2,(H,22,23). The highest BCUT2D eigenvalue weighted by molar-refractivity contribution is 8.00. The zero-order valence-electron chi connectivity index (χ0n) is 15.2. The average Bonchev–Trinajstić information content (AvgIpc) is 3.06. The van der Waals surface area contributed by atoms with E-state index in [4.69, 9.17) is 30.5 Å². The molecule has 1 amide bonds. The molecule has 2 aromatic rings. The average molecular weight is 422 g/mol. The summed E-state index contributed by atoms with van der Waals surface area (Å²) in [6, 6.07) is 9.08. The van der Waals surface area contributed by atoms with Crippen molar-refractivity contribution in [2.24, 2.45) is 0 Å². The maximum Gasteiger partial charge on any atom is 0.234 e. The molecule has 0 spiro atoms. The third kappa shape index (κ3) is 4.59. The Bertz CT molecular complexity index is 876. The predicted molar refractivity (Wildman–Crippen MR) is 108 cm³/mol. The summed E-state index contributed by atoms with van der Waals surface area (Å²) in [5, 5.41) is 3.26. The second-order valence-electron chi connectivity index (χ2n) is 6.33. The molecule has 6 nitrogen and oxygen atoms in total. The molecule has 2 aliphatic rings. The lowest BCUT2D eigenvalue weighted by Crippen LogP contribution is -2.14. The van der Waals surface area contributed by atoms with Crippen molar-refractivity contribution in [1.29, 1.82) is 0 Å². The highest BCUT2D eigenvalue weighted by Crippen LogP contribution is 2.38. The summed E-state index contributed by atoms with van der Waals surface area (Å²) in [5.74, 6) is 2.73. The van der Waals surface area contributed by atoms with E-state index in [0.717, 1.165) is 23.5 Å². The van der Waals surface area contributed by atoms with Gasteiger partial charge in [-0.2, -0.15) is 0 Å². The van der Waals surface area contributed by atoms with Gasteiger partial charge in [-0.05, 0) is 18.2 Å². The molecule has 0 atom stereocenters. The van der Waals surface area contributed by atoms with E-state index >= 15 is 0 Å². The number of carbonyl (C=O) groups is 1. The van der Waals surface area contributed by atoms with Gasteiger partial charge in [-0.1, -0.05) is 11.6 Å². The SMILES string of the molecule is O=C(CSc1ccc2c(c1)OCCCO2)Nc1cc2c(cc1Cl)OCCCO2. The molecule has 2 aromatic carbocycles. The Hall–Kier alpha value is -2.25. The Balaban J connectivity index is 1.38. The van der Waals surface area contributed by atoms with Gasteiger partial charge in [-0.3, -0.25) is 4.79 Å². The smallest absolute Gasteiger partial charge is 0.234 e. The highest BCUT2D eigenvalue weighted by atomic mass is 35.5. The summed E-state index contributed by atoms with van der Waals surface area (Å²) in [7, 11) is 0. The van der Waals surface area contributed by atoms with Crippen molar-refractivity contribution >= 4 is 35.0 Å². The van der Waals surface area contributed by atoms with Crippen LogP contribution in [-0.2, 0) is 4.79 Å². The number of amides is 1. The van der Waals surface area contributed by atoms with Crippen LogP contribution in [0.1, 0.15) is 12.8 Å². The fourth-order valence-corrected chi connectivity index (χ4v) is 3.77. The molecule has 0 radical (unpaired) electrons. The van der Waals surface area contributed by atoms with Crippen LogP contribution in [0.5, 0.6) is 23.0 Å². The number of thioether (sulfide) groups is 1. The number of fused-ring (bicyclic) bond motifs is 2. The molecular formula is C20H20ClNO5S. The number of halogens is 1. The molecule has 0 fully saturated rings. The number of ether oxygens (including phenoxy) is 4. The van der Waals surface area contributed by atoms with E-state index in [1.165, 1.54) is 11.8 Å². The minimum Gasteiger partial charge on any atom is -0.490 e. The largest absolute Gasteiger partial charge is 0.490 e. The molecule has 148 valence electrons. The lowest BCUT2D eigenvalue weighted by molar-refractivity contribution is -0.113. The molecule has 0 unspecified atom stereocenters. The number of rotatable bonds is 4. The molecule has 2 aliphatic heterocycles. The molecule has 0 saturated heterocycles. The van der Waals surface area contributed by atoms with Crippen molar-refractivity contribution in [2.75, 3.05) is 37.5 Å². The zero-order valence-corrected chi connectivity index (χ0v) is 16.7. The molecule has 1 N–H and O–H groups in total. The summed E-state index contributed by atoms with van der Waals surface area (Å²) < 4.78 is 22.6. The number of benzene rings is 2. The van der Waals surface area contributed by atoms with Gasteiger partial charge in [-0.25, -0.2) is 0 Å². The minimum atomic E-state index is -0.159. The molecule has 0 aromatic heterocycles. The Morgan fingerprint density at radius 1 is 0.893 bits per heavy atom. The van der Waals surface area contributed by atoms with E-state index in [9.17, 15) is 4.79 Å². The first-order chi connectivity index (χ1) is 13.7. The Morgan fingerprint density at radius 3 is 2.21 bits per heavy atom. The molecule has 0 aliphatic carbocycles. The topological polar surface area (TPSA) is 66.0 Å². The molecule has 28 heavy (non-hydrogen) atoms. The van der Waals surface area contributed by atoms with Crippen LogP contribution in [0.15, 0.2) is 35.2 Å². The summed E-state index contributed by atoms with van der Waals surface area (Å²) in [6.45, 7) is 2.44. The van der Waals surface area contributed by atoms with Gasteiger partial charge < -0.3 is 24.3 Å². The number of anilines is 1. The van der Waals surface area contributed by atoms with Gasteiger partial charge in [0.2, 0.25) is 5.91 Å². The maximum atomic E-state index is 12.4. The van der Waals surface area contributed by atoms with E-state index in [1.54, 1.807) is 12.1 Å². The Kier molecular flexibility index (Phi) is 6.02. The first-order valence-electron chi connectivity index (χ1n) is 9.10. The van der Waals surface area contributed by atoms with Gasteiger partial charge in [0.05, 0.1) is 42.9 Å². The number of hydrogen-bond acceptors (Lipinski definition) is 6. The third-order valence-electron chi connectivity index (χ3n) is 4.20. The van der Waals surface area contributed by atoms with Crippen molar-refractivity contribution in [3.8, 4) is 23.0 Å². The first-order valence-corrected chi connectivity index (χ1v) is 10.5. The summed E-state index contributed by atoms with van der Waals surface area (Å²) >= 11 is 7.70. The molecule has 2 heterocycles. The van der Waals surface area contributed by atoms with Gasteiger partial charge in [-0.15, -0.1) is 11.8 Å². The monoisotopic (exact) mass is 421 g/mol. The molecule has 4 rings (SSSR count). The molecular weight excluding hydrogens is 402 g/mol. The van der Waals surface area contributed by atoms with Crippen LogP contribution in [0.4, 0.5) is 5.69 Å². The minimum absolute atomic E-state index is 0.159. The van der Waals surface area contributed by atoms with Gasteiger partial charge >= 0.3 is 0 Å². The quantitative estimate of drug-likeness (QED) is 0.738. The van der Waals surface area contributed by atoms with Crippen LogP contribution in [0.3, 0.4) is 0 Å². The normalized spacial score (nSPS) is 15.3. The highest BCUT2D eigenvalue weighted by Gasteiger charge is 2.16. The molecule has 8 heteroatoms. The van der Waals surface area contributed by atoms with Crippen LogP contribution in [-0.4, -0.2) is 38.1 Å². The van der Waals surface area contributed by atoms with E-state index in [2.05, 4.69) is 5.32 Å². The fraction of sp³-hybridized carbons (Fsp3) is 0.350. The van der Waals surface area contributed by atoms with Gasteiger partial charge in [0.15, 0.2) is 23.0 Å². The van der Waals surface area contributed by atoms with Crippen LogP contribution >= 0.6 is 23.4 Å².